The highest BCUT2D eigenvalue weighted by Crippen LogP contribution is 2.27. The first-order chi connectivity index (χ1) is 17.3. The first kappa shape index (κ1) is 26.4. The lowest BCUT2D eigenvalue weighted by molar-refractivity contribution is -0.128. The molecule has 0 saturated heterocycles. The highest BCUT2D eigenvalue weighted by atomic mass is 16.3. The molecule has 0 unspecified atom stereocenters. The van der Waals surface area contributed by atoms with Gasteiger partial charge in [-0.2, -0.15) is 0 Å². The molecular formula is C28H33N5O3. The minimum absolute atomic E-state index is 0.172. The fraction of sp³-hybridized carbons (Fsp3) is 0.250. The molecule has 36 heavy (non-hydrogen) atoms. The molecular weight excluding hydrogens is 454 g/mol. The molecule has 1 atom stereocenters. The lowest BCUT2D eigenvalue weighted by Crippen LogP contribution is -2.46. The Morgan fingerprint density at radius 2 is 1.42 bits per heavy atom. The van der Waals surface area contributed by atoms with Crippen LogP contribution in [0.3, 0.4) is 0 Å². The van der Waals surface area contributed by atoms with Gasteiger partial charge in [-0.3, -0.25) is 24.8 Å². The van der Waals surface area contributed by atoms with E-state index >= 15 is 0 Å². The number of guanidine groups is 1. The number of carbonyl (C=O) groups excluding carboxylic acids is 2. The van der Waals surface area contributed by atoms with Crippen LogP contribution in [0.1, 0.15) is 35.4 Å². The first-order valence-corrected chi connectivity index (χ1v) is 11.8. The van der Waals surface area contributed by atoms with Gasteiger partial charge in [0.1, 0.15) is 5.75 Å². The Morgan fingerprint density at radius 3 is 1.89 bits per heavy atom. The first-order valence-electron chi connectivity index (χ1n) is 11.8. The Morgan fingerprint density at radius 1 is 0.889 bits per heavy atom. The van der Waals surface area contributed by atoms with Crippen LogP contribution in [0.15, 0.2) is 84.9 Å². The van der Waals surface area contributed by atoms with E-state index in [1.165, 1.54) is 4.90 Å². The fourth-order valence-corrected chi connectivity index (χ4v) is 4.30. The third kappa shape index (κ3) is 6.93. The normalized spacial score (nSPS) is 11.9. The Kier molecular flexibility index (Phi) is 9.19. The van der Waals surface area contributed by atoms with Crippen LogP contribution in [0.25, 0.3) is 0 Å². The Labute approximate surface area is 211 Å². The van der Waals surface area contributed by atoms with Crippen molar-refractivity contribution in [1.29, 1.82) is 5.41 Å². The van der Waals surface area contributed by atoms with Crippen LogP contribution in [0.4, 0.5) is 0 Å². The molecule has 188 valence electrons. The van der Waals surface area contributed by atoms with Crippen molar-refractivity contribution in [1.82, 2.24) is 9.80 Å². The second-order valence-corrected chi connectivity index (χ2v) is 8.77. The second kappa shape index (κ2) is 12.5. The SMILES string of the molecule is CN(Cc1ccc(O)cc1)[C@H](CCCN(C(=N)N)C(=O)C(c1ccccc1)c1ccccc1)C(N)=O. The van der Waals surface area contributed by atoms with Crippen molar-refractivity contribution in [3.05, 3.63) is 102 Å². The number of hydrogen-bond acceptors (Lipinski definition) is 5. The van der Waals surface area contributed by atoms with Crippen molar-refractivity contribution < 1.29 is 14.7 Å². The molecule has 0 spiro atoms. The van der Waals surface area contributed by atoms with Crippen LogP contribution >= 0.6 is 0 Å². The zero-order valence-electron chi connectivity index (χ0n) is 20.4. The molecule has 3 aromatic rings. The minimum Gasteiger partial charge on any atom is -0.508 e. The van der Waals surface area contributed by atoms with Gasteiger partial charge in [-0.1, -0.05) is 72.8 Å². The van der Waals surface area contributed by atoms with E-state index in [1.807, 2.05) is 65.6 Å². The number of phenols is 1. The number of nitrogens with one attached hydrogen (secondary N) is 1. The van der Waals surface area contributed by atoms with Gasteiger partial charge in [-0.15, -0.1) is 0 Å². The van der Waals surface area contributed by atoms with Gasteiger partial charge >= 0.3 is 0 Å². The fourth-order valence-electron chi connectivity index (χ4n) is 4.30. The number of aromatic hydroxyl groups is 1. The zero-order valence-corrected chi connectivity index (χ0v) is 20.4. The van der Waals surface area contributed by atoms with Crippen molar-refractivity contribution in [2.75, 3.05) is 13.6 Å². The van der Waals surface area contributed by atoms with Crippen LogP contribution < -0.4 is 11.5 Å². The van der Waals surface area contributed by atoms with Crippen molar-refractivity contribution in [2.24, 2.45) is 11.5 Å². The number of phenolic OH excluding ortho intramolecular Hbond substituents is 1. The van der Waals surface area contributed by atoms with E-state index < -0.39 is 17.9 Å². The largest absolute Gasteiger partial charge is 0.508 e. The van der Waals surface area contributed by atoms with E-state index in [4.69, 9.17) is 16.9 Å². The van der Waals surface area contributed by atoms with E-state index in [1.54, 1.807) is 31.3 Å². The summed E-state index contributed by atoms with van der Waals surface area (Å²) in [6, 6.07) is 25.0. The number of hydrogen-bond donors (Lipinski definition) is 4. The molecule has 0 aromatic heterocycles. The van der Waals surface area contributed by atoms with Crippen molar-refractivity contribution >= 4 is 17.8 Å². The highest BCUT2D eigenvalue weighted by Gasteiger charge is 2.29. The Hall–Kier alpha value is -4.17. The number of rotatable bonds is 11. The van der Waals surface area contributed by atoms with Gasteiger partial charge in [0.15, 0.2) is 5.96 Å². The molecule has 0 aliphatic heterocycles. The highest BCUT2D eigenvalue weighted by molar-refractivity contribution is 5.99. The Balaban J connectivity index is 1.72. The van der Waals surface area contributed by atoms with Crippen molar-refractivity contribution in [3.8, 4) is 5.75 Å². The van der Waals surface area contributed by atoms with Crippen LogP contribution in [-0.4, -0.2) is 52.3 Å². The van der Waals surface area contributed by atoms with Crippen LogP contribution in [-0.2, 0) is 16.1 Å². The summed E-state index contributed by atoms with van der Waals surface area (Å²) >= 11 is 0. The summed E-state index contributed by atoms with van der Waals surface area (Å²) in [5, 5.41) is 17.6. The molecule has 0 bridgehead atoms. The maximum atomic E-state index is 13.7. The van der Waals surface area contributed by atoms with E-state index in [0.29, 0.717) is 19.4 Å². The maximum Gasteiger partial charge on any atom is 0.241 e. The van der Waals surface area contributed by atoms with Crippen LogP contribution in [0.2, 0.25) is 0 Å². The predicted molar refractivity (Wildman–Crippen MR) is 140 cm³/mol. The summed E-state index contributed by atoms with van der Waals surface area (Å²) in [6.07, 6.45) is 0.817. The molecule has 0 saturated carbocycles. The van der Waals surface area contributed by atoms with Gasteiger partial charge < -0.3 is 16.6 Å². The van der Waals surface area contributed by atoms with Gasteiger partial charge in [0.05, 0.1) is 12.0 Å². The number of amides is 2. The summed E-state index contributed by atoms with van der Waals surface area (Å²) in [5.41, 5.74) is 14.1. The topological polar surface area (TPSA) is 137 Å². The van der Waals surface area contributed by atoms with Gasteiger partial charge in [-0.05, 0) is 48.7 Å². The molecule has 8 nitrogen and oxygen atoms in total. The van der Waals surface area contributed by atoms with Gasteiger partial charge in [0.25, 0.3) is 0 Å². The van der Waals surface area contributed by atoms with E-state index in [9.17, 15) is 14.7 Å². The summed E-state index contributed by atoms with van der Waals surface area (Å²) < 4.78 is 0. The molecule has 8 heteroatoms. The average molecular weight is 488 g/mol. The van der Waals surface area contributed by atoms with Crippen molar-refractivity contribution in [3.63, 3.8) is 0 Å². The number of likely N-dealkylation sites (N-methyl/N-ethyl adjacent to an activating group) is 1. The number of benzene rings is 3. The lowest BCUT2D eigenvalue weighted by Gasteiger charge is -2.29. The maximum absolute atomic E-state index is 13.7. The monoisotopic (exact) mass is 487 g/mol. The molecule has 3 rings (SSSR count). The molecule has 0 aliphatic rings. The molecule has 6 N–H and O–H groups in total. The number of carbonyl (C=O) groups is 2. The number of nitrogens with zero attached hydrogens (tertiary/aromatic N) is 2. The average Bonchev–Trinajstić information content (AvgIpc) is 2.86. The van der Waals surface area contributed by atoms with Gasteiger partial charge in [0.2, 0.25) is 11.8 Å². The smallest absolute Gasteiger partial charge is 0.241 e. The molecule has 0 fully saturated rings. The van der Waals surface area contributed by atoms with Gasteiger partial charge in [0, 0.05) is 13.1 Å². The molecule has 3 aromatic carbocycles. The third-order valence-electron chi connectivity index (χ3n) is 6.16. The number of nitrogens with two attached hydrogens (primary N) is 2. The van der Waals surface area contributed by atoms with Crippen LogP contribution in [0, 0.1) is 5.41 Å². The van der Waals surface area contributed by atoms with Gasteiger partial charge in [-0.25, -0.2) is 0 Å². The Bertz CT molecular complexity index is 1110. The quantitative estimate of drug-likeness (QED) is 0.243. The molecule has 0 aliphatic carbocycles. The van der Waals surface area contributed by atoms with E-state index in [-0.39, 0.29) is 24.2 Å². The summed E-state index contributed by atoms with van der Waals surface area (Å²) in [5.74, 6) is -1.55. The molecule has 0 radical (unpaired) electrons. The summed E-state index contributed by atoms with van der Waals surface area (Å²) in [6.45, 7) is 0.647. The number of primary amides is 1. The second-order valence-electron chi connectivity index (χ2n) is 8.77. The van der Waals surface area contributed by atoms with E-state index in [0.717, 1.165) is 16.7 Å². The standard InChI is InChI=1S/C28H33N5O3/c1-32(19-20-14-16-23(34)17-15-20)24(26(29)35)13-8-18-33(28(30)31)27(36)25(21-9-4-2-5-10-21)22-11-6-3-7-12-22/h2-7,9-12,14-17,24-25,34H,8,13,18-19H2,1H3,(H2,29,35)(H3,30,31)/t24-/m1/s1. The van der Waals surface area contributed by atoms with Crippen molar-refractivity contribution in [2.45, 2.75) is 31.3 Å². The zero-order chi connectivity index (χ0) is 26.1. The summed E-state index contributed by atoms with van der Waals surface area (Å²) in [7, 11) is 1.80. The molecule has 0 heterocycles. The third-order valence-corrected chi connectivity index (χ3v) is 6.16. The summed E-state index contributed by atoms with van der Waals surface area (Å²) in [4.78, 5) is 29.0. The predicted octanol–water partition coefficient (Wildman–Crippen LogP) is 3.01. The van der Waals surface area contributed by atoms with Crippen LogP contribution in [0.5, 0.6) is 5.75 Å². The minimum atomic E-state index is -0.611. The van der Waals surface area contributed by atoms with E-state index in [2.05, 4.69) is 0 Å². The lowest BCUT2D eigenvalue weighted by atomic mass is 9.90. The molecule has 2 amide bonds.